The van der Waals surface area contributed by atoms with Gasteiger partial charge >= 0.3 is 0 Å². The van der Waals surface area contributed by atoms with Crippen molar-refractivity contribution in [3.63, 3.8) is 0 Å². The average molecular weight is 552 g/mol. The molecule has 0 fully saturated rings. The topological polar surface area (TPSA) is 105 Å². The summed E-state index contributed by atoms with van der Waals surface area (Å²) in [6.45, 7) is 0.425. The Morgan fingerprint density at radius 1 is 0.923 bits per heavy atom. The maximum absolute atomic E-state index is 13.7. The number of likely N-dealkylation sites (N-methyl/N-ethyl adjacent to an activating group) is 1. The molecule has 1 aliphatic rings. The number of fused-ring (bicyclic) bond motifs is 1. The summed E-state index contributed by atoms with van der Waals surface area (Å²) in [4.78, 5) is 28.3. The van der Waals surface area contributed by atoms with Gasteiger partial charge in [-0.1, -0.05) is 60.7 Å². The third-order valence-electron chi connectivity index (χ3n) is 6.51. The van der Waals surface area contributed by atoms with Crippen molar-refractivity contribution in [1.29, 1.82) is 0 Å². The second-order valence-electron chi connectivity index (χ2n) is 9.30. The number of ether oxygens (including phenoxy) is 2. The number of sulfonamides is 1. The van der Waals surface area contributed by atoms with Crippen molar-refractivity contribution in [2.45, 2.75) is 31.8 Å². The number of hydrogen-bond acceptors (Lipinski definition) is 6. The van der Waals surface area contributed by atoms with E-state index in [-0.39, 0.29) is 44.5 Å². The van der Waals surface area contributed by atoms with E-state index in [2.05, 4.69) is 5.32 Å². The van der Waals surface area contributed by atoms with Gasteiger partial charge in [-0.15, -0.1) is 0 Å². The highest BCUT2D eigenvalue weighted by molar-refractivity contribution is 7.92. The fourth-order valence-electron chi connectivity index (χ4n) is 4.54. The zero-order valence-corrected chi connectivity index (χ0v) is 22.9. The van der Waals surface area contributed by atoms with Gasteiger partial charge in [-0.2, -0.15) is 0 Å². The van der Waals surface area contributed by atoms with Gasteiger partial charge in [0.25, 0.3) is 0 Å². The Balaban J connectivity index is 1.53. The second-order valence-corrected chi connectivity index (χ2v) is 11.2. The molecule has 0 unspecified atom stereocenters. The molecule has 0 aromatic heterocycles. The summed E-state index contributed by atoms with van der Waals surface area (Å²) in [6, 6.07) is 23.3. The Bertz CT molecular complexity index is 1380. The number of nitrogens with one attached hydrogen (secondary N) is 1. The Labute approximate surface area is 229 Å². The fraction of sp³-hybridized carbons (Fsp3) is 0.310. The van der Waals surface area contributed by atoms with Crippen LogP contribution in [0.3, 0.4) is 0 Å². The molecule has 3 aromatic carbocycles. The molecule has 0 saturated carbocycles. The summed E-state index contributed by atoms with van der Waals surface area (Å²) in [5, 5.41) is 2.70. The lowest BCUT2D eigenvalue weighted by molar-refractivity contribution is -0.141. The molecule has 9 nitrogen and oxygen atoms in total. The summed E-state index contributed by atoms with van der Waals surface area (Å²) in [7, 11) is -2.07. The maximum Gasteiger partial charge on any atom is 0.242 e. The maximum atomic E-state index is 13.7. The van der Waals surface area contributed by atoms with E-state index in [1.165, 1.54) is 4.31 Å². The third kappa shape index (κ3) is 7.29. The summed E-state index contributed by atoms with van der Waals surface area (Å²) >= 11 is 0. The zero-order chi connectivity index (χ0) is 27.8. The number of carbonyl (C=O) groups excluding carboxylic acids is 2. The van der Waals surface area contributed by atoms with Gasteiger partial charge in [0, 0.05) is 39.0 Å². The standard InChI is InChI=1S/C29H33N3O6S/c1-30-29(34)25(18-22-10-5-3-6-11-22)31(20-23-12-7-4-8-13-23)28(33)14-9-17-32(39(2,35)36)24-15-16-26-27(19-24)38-21-37-26/h3-8,10-13,15-16,19,25H,9,14,17-18,20-21H2,1-2H3,(H,30,34)/t25-/m0/s1. The molecule has 0 spiro atoms. The normalized spacial score (nSPS) is 13.0. The average Bonchev–Trinajstić information content (AvgIpc) is 3.41. The zero-order valence-electron chi connectivity index (χ0n) is 22.1. The number of rotatable bonds is 12. The van der Waals surface area contributed by atoms with Crippen molar-refractivity contribution in [3.05, 3.63) is 90.0 Å². The van der Waals surface area contributed by atoms with Crippen LogP contribution in [-0.4, -0.2) is 57.8 Å². The number of anilines is 1. The summed E-state index contributed by atoms with van der Waals surface area (Å²) in [5.74, 6) is 0.530. The molecular formula is C29H33N3O6S. The Kier molecular flexibility index (Phi) is 9.08. The molecule has 10 heteroatoms. The summed E-state index contributed by atoms with van der Waals surface area (Å²) in [5.41, 5.74) is 2.26. The monoisotopic (exact) mass is 551 g/mol. The Hall–Kier alpha value is -4.05. The van der Waals surface area contributed by atoms with Gasteiger partial charge in [0.05, 0.1) is 11.9 Å². The third-order valence-corrected chi connectivity index (χ3v) is 7.70. The number of carbonyl (C=O) groups is 2. The highest BCUT2D eigenvalue weighted by Crippen LogP contribution is 2.36. The Morgan fingerprint density at radius 2 is 1.56 bits per heavy atom. The van der Waals surface area contributed by atoms with Crippen molar-refractivity contribution in [2.75, 3.05) is 30.9 Å². The van der Waals surface area contributed by atoms with Gasteiger partial charge in [-0.3, -0.25) is 13.9 Å². The quantitative estimate of drug-likeness (QED) is 0.370. The van der Waals surface area contributed by atoms with E-state index in [4.69, 9.17) is 9.47 Å². The molecule has 0 saturated heterocycles. The van der Waals surface area contributed by atoms with Crippen LogP contribution < -0.4 is 19.1 Å². The minimum Gasteiger partial charge on any atom is -0.454 e. The van der Waals surface area contributed by atoms with Gasteiger partial charge < -0.3 is 19.7 Å². The van der Waals surface area contributed by atoms with E-state index >= 15 is 0 Å². The highest BCUT2D eigenvalue weighted by atomic mass is 32.2. The molecule has 0 radical (unpaired) electrons. The van der Waals surface area contributed by atoms with Gasteiger partial charge in [0.1, 0.15) is 6.04 Å². The minimum atomic E-state index is -3.63. The van der Waals surface area contributed by atoms with Crippen molar-refractivity contribution < 1.29 is 27.5 Å². The fourth-order valence-corrected chi connectivity index (χ4v) is 5.50. The first-order valence-corrected chi connectivity index (χ1v) is 14.6. The number of hydrogen-bond donors (Lipinski definition) is 1. The molecular weight excluding hydrogens is 518 g/mol. The molecule has 4 rings (SSSR count). The molecule has 39 heavy (non-hydrogen) atoms. The Morgan fingerprint density at radius 3 is 2.21 bits per heavy atom. The van der Waals surface area contributed by atoms with Crippen molar-refractivity contribution >= 4 is 27.5 Å². The lowest BCUT2D eigenvalue weighted by Gasteiger charge is -2.31. The van der Waals surface area contributed by atoms with Crippen LogP contribution in [0, 0.1) is 0 Å². The number of benzene rings is 3. The van der Waals surface area contributed by atoms with E-state index in [0.29, 0.717) is 23.6 Å². The number of amides is 2. The highest BCUT2D eigenvalue weighted by Gasteiger charge is 2.30. The minimum absolute atomic E-state index is 0.0612. The van der Waals surface area contributed by atoms with E-state index in [0.717, 1.165) is 17.4 Å². The molecule has 0 bridgehead atoms. The van der Waals surface area contributed by atoms with Crippen LogP contribution in [-0.2, 0) is 32.6 Å². The van der Waals surface area contributed by atoms with Crippen LogP contribution in [0.5, 0.6) is 11.5 Å². The molecule has 0 aliphatic carbocycles. The summed E-state index contributed by atoms with van der Waals surface area (Å²) in [6.07, 6.45) is 1.80. The van der Waals surface area contributed by atoms with Crippen molar-refractivity contribution in [2.24, 2.45) is 0 Å². The molecule has 3 aromatic rings. The van der Waals surface area contributed by atoms with Crippen LogP contribution in [0.1, 0.15) is 24.0 Å². The van der Waals surface area contributed by atoms with Crippen LogP contribution in [0.4, 0.5) is 5.69 Å². The first kappa shape index (κ1) is 28.0. The van der Waals surface area contributed by atoms with Crippen LogP contribution in [0.15, 0.2) is 78.9 Å². The second kappa shape index (κ2) is 12.7. The van der Waals surface area contributed by atoms with Gasteiger partial charge in [0.2, 0.25) is 28.6 Å². The van der Waals surface area contributed by atoms with Gasteiger partial charge in [-0.05, 0) is 29.7 Å². The van der Waals surface area contributed by atoms with Gasteiger partial charge in [-0.25, -0.2) is 8.42 Å². The van der Waals surface area contributed by atoms with E-state index in [1.54, 1.807) is 30.1 Å². The predicted octanol–water partition coefficient (Wildman–Crippen LogP) is 3.35. The van der Waals surface area contributed by atoms with Crippen molar-refractivity contribution in [1.82, 2.24) is 10.2 Å². The van der Waals surface area contributed by atoms with Crippen LogP contribution in [0.25, 0.3) is 0 Å². The SMILES string of the molecule is CNC(=O)[C@H](Cc1ccccc1)N(Cc1ccccc1)C(=O)CCCN(c1ccc2c(c1)OCO2)S(C)(=O)=O. The molecule has 1 aliphatic heterocycles. The molecule has 2 amide bonds. The van der Waals surface area contributed by atoms with E-state index in [1.807, 2.05) is 60.7 Å². The first-order valence-electron chi connectivity index (χ1n) is 12.7. The van der Waals surface area contributed by atoms with E-state index in [9.17, 15) is 18.0 Å². The lowest BCUT2D eigenvalue weighted by atomic mass is 10.0. The lowest BCUT2D eigenvalue weighted by Crippen LogP contribution is -2.49. The molecule has 1 atom stereocenters. The number of nitrogens with zero attached hydrogens (tertiary/aromatic N) is 2. The predicted molar refractivity (Wildman–Crippen MR) is 149 cm³/mol. The van der Waals surface area contributed by atoms with Crippen molar-refractivity contribution in [3.8, 4) is 11.5 Å². The van der Waals surface area contributed by atoms with E-state index < -0.39 is 16.1 Å². The molecule has 206 valence electrons. The smallest absolute Gasteiger partial charge is 0.242 e. The summed E-state index contributed by atoms with van der Waals surface area (Å²) < 4.78 is 37.2. The van der Waals surface area contributed by atoms with Crippen LogP contribution in [0.2, 0.25) is 0 Å². The van der Waals surface area contributed by atoms with Crippen LogP contribution >= 0.6 is 0 Å². The molecule has 1 heterocycles. The largest absolute Gasteiger partial charge is 0.454 e. The van der Waals surface area contributed by atoms with Gasteiger partial charge in [0.15, 0.2) is 11.5 Å². The molecule has 1 N–H and O–H groups in total. The first-order chi connectivity index (χ1) is 18.8.